The normalized spacial score (nSPS) is 19.4. The van der Waals surface area contributed by atoms with E-state index in [1.165, 1.54) is 12.5 Å². The fraction of sp³-hybridized carbons (Fsp3) is 0.538. The second kappa shape index (κ2) is 6.38. The Balaban J connectivity index is 1.83. The summed E-state index contributed by atoms with van der Waals surface area (Å²) in [7, 11) is 0. The Kier molecular flexibility index (Phi) is 4.57. The quantitative estimate of drug-likeness (QED) is 0.824. The maximum absolute atomic E-state index is 12.1. The van der Waals surface area contributed by atoms with Crippen molar-refractivity contribution in [1.29, 1.82) is 0 Å². The number of nitrogens with one attached hydrogen (secondary N) is 1. The molecule has 1 aromatic rings. The lowest BCUT2D eigenvalue weighted by molar-refractivity contribution is -0.136. The summed E-state index contributed by atoms with van der Waals surface area (Å²) in [6.45, 7) is 2.00. The van der Waals surface area contributed by atoms with Crippen molar-refractivity contribution < 1.29 is 19.1 Å². The molecule has 1 unspecified atom stereocenters. The van der Waals surface area contributed by atoms with Crippen molar-refractivity contribution in [3.05, 3.63) is 24.2 Å². The van der Waals surface area contributed by atoms with Crippen LogP contribution in [-0.2, 0) is 4.79 Å². The van der Waals surface area contributed by atoms with E-state index in [0.717, 1.165) is 19.4 Å². The summed E-state index contributed by atoms with van der Waals surface area (Å²) < 4.78 is 4.92. The second-order valence-electron chi connectivity index (χ2n) is 4.80. The highest BCUT2D eigenvalue weighted by atomic mass is 16.4. The molecule has 0 aliphatic carbocycles. The Hall–Kier alpha value is -1.82. The van der Waals surface area contributed by atoms with Gasteiger partial charge in [0.15, 0.2) is 0 Å². The van der Waals surface area contributed by atoms with Gasteiger partial charge in [-0.3, -0.25) is 9.59 Å². The molecule has 2 heterocycles. The van der Waals surface area contributed by atoms with Crippen LogP contribution in [0.25, 0.3) is 0 Å². The number of rotatable bonds is 5. The van der Waals surface area contributed by atoms with E-state index in [4.69, 9.17) is 9.52 Å². The number of likely N-dealkylation sites (tertiary alicyclic amines) is 1. The van der Waals surface area contributed by atoms with Crippen LogP contribution in [0.15, 0.2) is 23.0 Å². The molecule has 19 heavy (non-hydrogen) atoms. The molecule has 1 fully saturated rings. The molecule has 0 saturated carbocycles. The monoisotopic (exact) mass is 266 g/mol. The van der Waals surface area contributed by atoms with Gasteiger partial charge in [0.05, 0.1) is 18.4 Å². The summed E-state index contributed by atoms with van der Waals surface area (Å²) in [4.78, 5) is 24.4. The molecule has 1 aliphatic rings. The van der Waals surface area contributed by atoms with Gasteiger partial charge in [-0.15, -0.1) is 0 Å². The Labute approximate surface area is 111 Å². The average Bonchev–Trinajstić information content (AvgIpc) is 2.91. The van der Waals surface area contributed by atoms with Crippen LogP contribution in [0.5, 0.6) is 0 Å². The summed E-state index contributed by atoms with van der Waals surface area (Å²) in [5.41, 5.74) is 0.569. The zero-order valence-corrected chi connectivity index (χ0v) is 10.7. The van der Waals surface area contributed by atoms with Crippen LogP contribution < -0.4 is 5.32 Å². The molecule has 0 bridgehead atoms. The van der Waals surface area contributed by atoms with Crippen molar-refractivity contribution in [2.24, 2.45) is 5.92 Å². The van der Waals surface area contributed by atoms with Crippen molar-refractivity contribution >= 4 is 11.9 Å². The standard InChI is InChI=1S/C13H18N2O4/c16-12(17)7-14-6-10-2-1-4-15(8-10)13(18)11-3-5-19-9-11/h3,5,9-10,14H,1-2,4,6-8H2,(H,16,17). The van der Waals surface area contributed by atoms with Crippen molar-refractivity contribution in [3.8, 4) is 0 Å². The van der Waals surface area contributed by atoms with Crippen LogP contribution >= 0.6 is 0 Å². The van der Waals surface area contributed by atoms with Gasteiger partial charge in [0.25, 0.3) is 5.91 Å². The van der Waals surface area contributed by atoms with Crippen LogP contribution in [0, 0.1) is 5.92 Å². The first-order chi connectivity index (χ1) is 9.16. The lowest BCUT2D eigenvalue weighted by Gasteiger charge is -2.32. The maximum Gasteiger partial charge on any atom is 0.317 e. The number of piperidine rings is 1. The number of carbonyl (C=O) groups excluding carboxylic acids is 1. The summed E-state index contributed by atoms with van der Waals surface area (Å²) in [6.07, 6.45) is 4.91. The van der Waals surface area contributed by atoms with Crippen LogP contribution in [0.2, 0.25) is 0 Å². The minimum absolute atomic E-state index is 0.0170. The molecule has 6 heteroatoms. The van der Waals surface area contributed by atoms with E-state index in [1.54, 1.807) is 6.07 Å². The molecule has 1 atom stereocenters. The Morgan fingerprint density at radius 2 is 2.37 bits per heavy atom. The maximum atomic E-state index is 12.1. The summed E-state index contributed by atoms with van der Waals surface area (Å²) in [5, 5.41) is 11.5. The largest absolute Gasteiger partial charge is 0.480 e. The number of carbonyl (C=O) groups is 2. The third-order valence-corrected chi connectivity index (χ3v) is 3.28. The van der Waals surface area contributed by atoms with Gasteiger partial charge in [-0.1, -0.05) is 0 Å². The first-order valence-electron chi connectivity index (χ1n) is 6.41. The zero-order valence-electron chi connectivity index (χ0n) is 10.7. The highest BCUT2D eigenvalue weighted by molar-refractivity contribution is 5.93. The van der Waals surface area contributed by atoms with E-state index in [2.05, 4.69) is 5.32 Å². The summed E-state index contributed by atoms with van der Waals surface area (Å²) in [6, 6.07) is 1.66. The number of carboxylic acids is 1. The lowest BCUT2D eigenvalue weighted by Crippen LogP contribution is -2.43. The van der Waals surface area contributed by atoms with E-state index in [-0.39, 0.29) is 12.5 Å². The molecular formula is C13H18N2O4. The smallest absolute Gasteiger partial charge is 0.317 e. The third-order valence-electron chi connectivity index (χ3n) is 3.28. The molecule has 0 spiro atoms. The molecule has 1 saturated heterocycles. The van der Waals surface area contributed by atoms with E-state index in [9.17, 15) is 9.59 Å². The van der Waals surface area contributed by atoms with Gasteiger partial charge in [0.1, 0.15) is 6.26 Å². The number of furan rings is 1. The van der Waals surface area contributed by atoms with E-state index >= 15 is 0 Å². The molecule has 1 aromatic heterocycles. The molecule has 1 aliphatic heterocycles. The molecule has 6 nitrogen and oxygen atoms in total. The SMILES string of the molecule is O=C(O)CNCC1CCCN(C(=O)c2ccoc2)C1. The van der Waals surface area contributed by atoms with Gasteiger partial charge >= 0.3 is 5.97 Å². The first-order valence-corrected chi connectivity index (χ1v) is 6.41. The molecular weight excluding hydrogens is 248 g/mol. The highest BCUT2D eigenvalue weighted by Gasteiger charge is 2.24. The highest BCUT2D eigenvalue weighted by Crippen LogP contribution is 2.18. The number of aliphatic carboxylic acids is 1. The lowest BCUT2D eigenvalue weighted by atomic mass is 9.97. The Morgan fingerprint density at radius 3 is 3.05 bits per heavy atom. The predicted octanol–water partition coefficient (Wildman–Crippen LogP) is 0.806. The minimum Gasteiger partial charge on any atom is -0.480 e. The molecule has 1 amide bonds. The first kappa shape index (κ1) is 13.6. The number of nitrogens with zero attached hydrogens (tertiary/aromatic N) is 1. The van der Waals surface area contributed by atoms with Crippen molar-refractivity contribution in [3.63, 3.8) is 0 Å². The average molecular weight is 266 g/mol. The number of carboxylic acid groups (broad SMARTS) is 1. The van der Waals surface area contributed by atoms with Crippen molar-refractivity contribution in [2.45, 2.75) is 12.8 Å². The van der Waals surface area contributed by atoms with Crippen molar-refractivity contribution in [1.82, 2.24) is 10.2 Å². The van der Waals surface area contributed by atoms with Gasteiger partial charge in [-0.25, -0.2) is 0 Å². The number of amides is 1. The second-order valence-corrected chi connectivity index (χ2v) is 4.80. The minimum atomic E-state index is -0.859. The van der Waals surface area contributed by atoms with Gasteiger partial charge in [0.2, 0.25) is 0 Å². The van der Waals surface area contributed by atoms with Gasteiger partial charge in [-0.2, -0.15) is 0 Å². The van der Waals surface area contributed by atoms with Crippen LogP contribution in [-0.4, -0.2) is 48.1 Å². The fourth-order valence-corrected chi connectivity index (χ4v) is 2.37. The van der Waals surface area contributed by atoms with E-state index in [1.807, 2.05) is 4.90 Å². The van der Waals surface area contributed by atoms with Gasteiger partial charge in [-0.05, 0) is 24.8 Å². The molecule has 104 valence electrons. The van der Waals surface area contributed by atoms with Crippen LogP contribution in [0.1, 0.15) is 23.2 Å². The number of hydrogen-bond acceptors (Lipinski definition) is 4. The van der Waals surface area contributed by atoms with Gasteiger partial charge in [0, 0.05) is 19.6 Å². The summed E-state index contributed by atoms with van der Waals surface area (Å²) in [5.74, 6) is -0.567. The fourth-order valence-electron chi connectivity index (χ4n) is 2.37. The molecule has 2 rings (SSSR count). The molecule has 0 radical (unpaired) electrons. The zero-order chi connectivity index (χ0) is 13.7. The molecule has 0 aromatic carbocycles. The Morgan fingerprint density at radius 1 is 1.53 bits per heavy atom. The third kappa shape index (κ3) is 3.82. The van der Waals surface area contributed by atoms with Crippen LogP contribution in [0.3, 0.4) is 0 Å². The van der Waals surface area contributed by atoms with Crippen LogP contribution in [0.4, 0.5) is 0 Å². The molecule has 2 N–H and O–H groups in total. The van der Waals surface area contributed by atoms with E-state index < -0.39 is 5.97 Å². The number of hydrogen-bond donors (Lipinski definition) is 2. The Bertz CT molecular complexity index is 430. The van der Waals surface area contributed by atoms with Crippen molar-refractivity contribution in [2.75, 3.05) is 26.2 Å². The predicted molar refractivity (Wildman–Crippen MR) is 67.8 cm³/mol. The summed E-state index contributed by atoms with van der Waals surface area (Å²) >= 11 is 0. The topological polar surface area (TPSA) is 82.8 Å². The van der Waals surface area contributed by atoms with E-state index in [0.29, 0.717) is 24.6 Å². The van der Waals surface area contributed by atoms with Gasteiger partial charge < -0.3 is 19.7 Å².